The normalized spacial score (nSPS) is 11.5. The maximum absolute atomic E-state index is 2.42. The molecule has 21 rings (SSSR count). The van der Waals surface area contributed by atoms with Crippen molar-refractivity contribution in [3.63, 3.8) is 0 Å². The molecule has 17 aromatic carbocycles. The Hall–Kier alpha value is -12.9. The van der Waals surface area contributed by atoms with Crippen LogP contribution >= 0.6 is 45.3 Å². The molecule has 0 N–H and O–H groups in total. The molecule has 4 nitrogen and oxygen atoms in total. The molecule has 8 heteroatoms. The van der Waals surface area contributed by atoms with Crippen LogP contribution in [0, 0.1) is 0 Å². The first kappa shape index (κ1) is 64.7. The summed E-state index contributed by atoms with van der Waals surface area (Å²) in [5.41, 5.74) is 18.5. The highest BCUT2D eigenvalue weighted by molar-refractivity contribution is 7.27. The number of benzene rings is 17. The van der Waals surface area contributed by atoms with Crippen LogP contribution in [0.5, 0.6) is 0 Å². The van der Waals surface area contributed by atoms with Crippen molar-refractivity contribution in [2.45, 2.75) is 0 Å². The third-order valence-corrected chi connectivity index (χ3v) is 25.2. The van der Waals surface area contributed by atoms with Gasteiger partial charge in [-0.3, -0.25) is 0 Å². The monoisotopic (exact) mass is 1450 g/mol. The second-order valence-electron chi connectivity index (χ2n) is 27.1. The summed E-state index contributed by atoms with van der Waals surface area (Å²) in [5, 5.41) is 12.8. The van der Waals surface area contributed by atoms with Crippen LogP contribution in [0.4, 0.5) is 68.2 Å². The van der Waals surface area contributed by atoms with Gasteiger partial charge in [0.1, 0.15) is 0 Å². The molecular formula is C100H66N4S4. The summed E-state index contributed by atoms with van der Waals surface area (Å²) in [4.78, 5) is 9.58. The highest BCUT2D eigenvalue weighted by atomic mass is 32.1. The lowest BCUT2D eigenvalue weighted by Crippen LogP contribution is -2.10. The lowest BCUT2D eigenvalue weighted by Gasteiger charge is -2.27. The van der Waals surface area contributed by atoms with Gasteiger partial charge in [0, 0.05) is 138 Å². The zero-order valence-corrected chi connectivity index (χ0v) is 61.8. The van der Waals surface area contributed by atoms with Crippen molar-refractivity contribution >= 4 is 205 Å². The fourth-order valence-corrected chi connectivity index (χ4v) is 20.2. The van der Waals surface area contributed by atoms with Gasteiger partial charge < -0.3 is 19.6 Å². The number of nitrogens with zero attached hydrogens (tertiary/aromatic N) is 4. The molecule has 0 radical (unpaired) electrons. The highest BCUT2D eigenvalue weighted by Gasteiger charge is 2.24. The van der Waals surface area contributed by atoms with Gasteiger partial charge in [-0.05, 0) is 197 Å². The Kier molecular flexibility index (Phi) is 16.7. The lowest BCUT2D eigenvalue weighted by atomic mass is 10.0. The van der Waals surface area contributed by atoms with Gasteiger partial charge in [0.25, 0.3) is 0 Å². The molecule has 0 saturated carbocycles. The molecule has 0 bridgehead atoms. The second-order valence-corrected chi connectivity index (χ2v) is 31.5. The maximum atomic E-state index is 2.42. The Morgan fingerprint density at radius 3 is 0.861 bits per heavy atom. The molecule has 21 aromatic rings. The largest absolute Gasteiger partial charge is 0.310 e. The average molecular weight is 1450 g/mol. The van der Waals surface area contributed by atoms with E-state index in [1.807, 2.05) is 45.3 Å². The average Bonchev–Trinajstić information content (AvgIpc) is 1.50. The Morgan fingerprint density at radius 1 is 0.148 bits per heavy atom. The summed E-state index contributed by atoms with van der Waals surface area (Å²) < 4.78 is 10.3. The van der Waals surface area contributed by atoms with E-state index in [4.69, 9.17) is 0 Å². The van der Waals surface area contributed by atoms with Crippen LogP contribution < -0.4 is 19.6 Å². The van der Waals surface area contributed by atoms with Crippen molar-refractivity contribution in [2.75, 3.05) is 19.6 Å². The van der Waals surface area contributed by atoms with Crippen LogP contribution in [-0.4, -0.2) is 0 Å². The quantitative estimate of drug-likeness (QED) is 0.108. The van der Waals surface area contributed by atoms with E-state index in [0.717, 1.165) is 56.9 Å². The molecule has 0 unspecified atom stereocenters. The molecule has 0 aliphatic rings. The van der Waals surface area contributed by atoms with Gasteiger partial charge in [0.05, 0.1) is 11.4 Å². The van der Waals surface area contributed by atoms with Gasteiger partial charge >= 0.3 is 0 Å². The van der Waals surface area contributed by atoms with Crippen molar-refractivity contribution in [3.05, 3.63) is 400 Å². The molecule has 0 aliphatic carbocycles. The number of rotatable bonds is 14. The molecule has 108 heavy (non-hydrogen) atoms. The summed E-state index contributed by atoms with van der Waals surface area (Å²) in [6.07, 6.45) is 0. The second kappa shape index (κ2) is 27.8. The van der Waals surface area contributed by atoms with Crippen molar-refractivity contribution in [1.29, 1.82) is 0 Å². The first-order valence-corrected chi connectivity index (χ1v) is 39.7. The zero-order valence-electron chi connectivity index (χ0n) is 58.5. The predicted octanol–water partition coefficient (Wildman–Crippen LogP) is 31.2. The Bertz CT molecular complexity index is 6790. The van der Waals surface area contributed by atoms with E-state index in [1.54, 1.807) is 0 Å². The fraction of sp³-hybridized carbons (Fsp3) is 0. The van der Waals surface area contributed by atoms with Crippen LogP contribution in [-0.2, 0) is 0 Å². The number of thiophene rings is 4. The molecule has 0 aliphatic heterocycles. The van der Waals surface area contributed by atoms with Crippen molar-refractivity contribution in [2.24, 2.45) is 0 Å². The van der Waals surface area contributed by atoms with Gasteiger partial charge in [-0.25, -0.2) is 0 Å². The summed E-state index contributed by atoms with van der Waals surface area (Å²) in [5.74, 6) is 0. The first-order valence-electron chi connectivity index (χ1n) is 36.4. The van der Waals surface area contributed by atoms with Gasteiger partial charge in [-0.15, -0.1) is 45.3 Å². The smallest absolute Gasteiger partial charge is 0.0554 e. The minimum absolute atomic E-state index is 1.12. The number of para-hydroxylation sites is 4. The summed E-state index contributed by atoms with van der Waals surface area (Å²) in [6, 6.07) is 145. The van der Waals surface area contributed by atoms with Gasteiger partial charge in [0.2, 0.25) is 0 Å². The van der Waals surface area contributed by atoms with E-state index in [0.29, 0.717) is 0 Å². The highest BCUT2D eigenvalue weighted by Crippen LogP contribution is 2.51. The minimum atomic E-state index is 1.12. The number of hydrogen-bond donors (Lipinski definition) is 0. The molecule has 0 atom stereocenters. The maximum Gasteiger partial charge on any atom is 0.0554 e. The summed E-state index contributed by atoms with van der Waals surface area (Å²) >= 11 is 7.44. The minimum Gasteiger partial charge on any atom is -0.310 e. The number of anilines is 12. The van der Waals surface area contributed by atoms with E-state index >= 15 is 0 Å². The zero-order chi connectivity index (χ0) is 71.4. The molecule has 4 heterocycles. The first-order chi connectivity index (χ1) is 53.5. The van der Waals surface area contributed by atoms with Crippen molar-refractivity contribution in [1.82, 2.24) is 0 Å². The van der Waals surface area contributed by atoms with E-state index in [-0.39, 0.29) is 0 Å². The molecule has 0 spiro atoms. The Labute approximate surface area is 642 Å². The van der Waals surface area contributed by atoms with E-state index < -0.39 is 0 Å². The Morgan fingerprint density at radius 2 is 0.435 bits per heavy atom. The summed E-state index contributed by atoms with van der Waals surface area (Å²) in [6.45, 7) is 0. The molecule has 510 valence electrons. The van der Waals surface area contributed by atoms with Gasteiger partial charge in [0.15, 0.2) is 0 Å². The lowest BCUT2D eigenvalue weighted by molar-refractivity contribution is 1.30. The van der Waals surface area contributed by atoms with Crippen LogP contribution in [0.25, 0.3) is 114 Å². The third-order valence-electron chi connectivity index (χ3n) is 20.7. The molecular weight excluding hydrogens is 1390 g/mol. The topological polar surface area (TPSA) is 13.0 Å². The van der Waals surface area contributed by atoms with Gasteiger partial charge in [-0.2, -0.15) is 0 Å². The van der Waals surface area contributed by atoms with Gasteiger partial charge in [-0.1, -0.05) is 237 Å². The van der Waals surface area contributed by atoms with Crippen LogP contribution in [0.3, 0.4) is 0 Å². The fourth-order valence-electron chi connectivity index (χ4n) is 15.6. The molecule has 4 aromatic heterocycles. The molecule has 0 saturated heterocycles. The number of hydrogen-bond acceptors (Lipinski definition) is 8. The Balaban J connectivity index is 0.000000143. The van der Waals surface area contributed by atoms with Crippen LogP contribution in [0.1, 0.15) is 0 Å². The van der Waals surface area contributed by atoms with Crippen molar-refractivity contribution in [3.8, 4) is 22.3 Å². The van der Waals surface area contributed by atoms with E-state index in [9.17, 15) is 0 Å². The standard InChI is InChI=1S/C52H34N2S2.C48H32N2S2/c1-3-14-39(15-4-1)54(40-16-5-2-6-17-40)47-19-11-21-49-52(47)46-31-29-43(34-51(46)56-49)53(42-28-30-45-44-18-9-10-20-48(44)55-50(45)33-42)41-26-24-36(25-27-41)38-23-22-35-12-7-8-13-37(35)32-38;1-4-13-33(14-5-1)34-23-25-37(26-24-34)49(38-27-29-41-40-19-10-11-21-44(40)51-46(41)31-38)39-28-30-42-47(32-39)52-45-22-12-20-43(48(42)45)50(35-15-6-2-7-16-35)36-17-8-3-9-18-36/h1-34H;1-32H. The van der Waals surface area contributed by atoms with Crippen molar-refractivity contribution < 1.29 is 0 Å². The van der Waals surface area contributed by atoms with Crippen LogP contribution in [0.2, 0.25) is 0 Å². The SMILES string of the molecule is c1ccc(-c2ccc(N(c3ccc4c(c3)sc3ccccc34)c3ccc4c(c3)sc3cccc(N(c5ccccc5)c5ccccc5)c34)cc2)cc1.c1ccc(N(c2ccccc2)c2cccc3sc4cc(N(c5ccc(-c6ccc7ccccc7c6)cc5)c5ccc6c(c5)sc5ccccc56)ccc4c23)cc1. The molecule has 0 fully saturated rings. The number of fused-ring (bicyclic) bond motifs is 13. The van der Waals surface area contributed by atoms with Crippen LogP contribution in [0.15, 0.2) is 400 Å². The van der Waals surface area contributed by atoms with E-state index in [1.165, 1.54) is 125 Å². The van der Waals surface area contributed by atoms with E-state index in [2.05, 4.69) is 420 Å². The molecule has 0 amide bonds. The third kappa shape index (κ3) is 11.9. The summed E-state index contributed by atoms with van der Waals surface area (Å²) in [7, 11) is 0. The predicted molar refractivity (Wildman–Crippen MR) is 472 cm³/mol.